The van der Waals surface area contributed by atoms with Gasteiger partial charge in [0.1, 0.15) is 6.04 Å². The van der Waals surface area contributed by atoms with Crippen LogP contribution in [-0.4, -0.2) is 28.6 Å². The maximum Gasteiger partial charge on any atom is 0.320 e. The maximum atomic E-state index is 11.9. The molecule has 3 aromatic carbocycles. The van der Waals surface area contributed by atoms with Crippen molar-refractivity contribution in [1.82, 2.24) is 4.90 Å². The minimum atomic E-state index is -0.724. The Labute approximate surface area is 172 Å². The van der Waals surface area contributed by atoms with Crippen LogP contribution in [-0.2, 0) is 4.79 Å². The van der Waals surface area contributed by atoms with Gasteiger partial charge in [-0.25, -0.2) is 0 Å². The summed E-state index contributed by atoms with van der Waals surface area (Å²) in [5, 5.41) is 9.79. The van der Waals surface area contributed by atoms with Crippen LogP contribution < -0.4 is 0 Å². The summed E-state index contributed by atoms with van der Waals surface area (Å²) in [6, 6.07) is 24.9. The zero-order valence-electron chi connectivity index (χ0n) is 17.0. The van der Waals surface area contributed by atoms with Crippen molar-refractivity contribution in [3.05, 3.63) is 95.1 Å². The van der Waals surface area contributed by atoms with Crippen LogP contribution in [0.5, 0.6) is 0 Å². The first-order valence-corrected chi connectivity index (χ1v) is 10.3. The highest BCUT2D eigenvalue weighted by atomic mass is 16.4. The summed E-state index contributed by atoms with van der Waals surface area (Å²) in [6.07, 6.45) is 1.62. The first-order valence-electron chi connectivity index (χ1n) is 10.3. The summed E-state index contributed by atoms with van der Waals surface area (Å²) < 4.78 is 0. The van der Waals surface area contributed by atoms with Crippen molar-refractivity contribution >= 4 is 5.97 Å². The van der Waals surface area contributed by atoms with Crippen LogP contribution in [0.1, 0.15) is 41.1 Å². The molecule has 0 spiro atoms. The van der Waals surface area contributed by atoms with Gasteiger partial charge >= 0.3 is 5.97 Å². The quantitative estimate of drug-likeness (QED) is 0.621. The zero-order valence-corrected chi connectivity index (χ0v) is 17.0. The highest BCUT2D eigenvalue weighted by molar-refractivity contribution is 5.74. The standard InChI is InChI=1S/C26H27NO2/c1-18-10-15-23(19(2)17-18)25(27-16-6-9-24(27)26(28)29)22-13-11-21(12-14-22)20-7-4-3-5-8-20/h3-5,7-8,10-15,17,24-25H,6,9,16H2,1-2H3,(H,28,29). The molecule has 3 heteroatoms. The van der Waals surface area contributed by atoms with Gasteiger partial charge in [-0.2, -0.15) is 0 Å². The number of carboxylic acid groups (broad SMARTS) is 1. The van der Waals surface area contributed by atoms with Crippen molar-refractivity contribution in [2.45, 2.75) is 38.8 Å². The van der Waals surface area contributed by atoms with Gasteiger partial charge in [0.05, 0.1) is 6.04 Å². The molecule has 4 rings (SSSR count). The molecule has 148 valence electrons. The number of benzene rings is 3. The Morgan fingerprint density at radius 1 is 0.966 bits per heavy atom. The Bertz CT molecular complexity index is 995. The smallest absolute Gasteiger partial charge is 0.320 e. The predicted molar refractivity (Wildman–Crippen MR) is 117 cm³/mol. The number of rotatable bonds is 5. The van der Waals surface area contributed by atoms with Crippen LogP contribution in [0.15, 0.2) is 72.8 Å². The molecule has 3 nitrogen and oxygen atoms in total. The van der Waals surface area contributed by atoms with Crippen LogP contribution in [0.3, 0.4) is 0 Å². The SMILES string of the molecule is Cc1ccc(C(c2ccc(-c3ccccc3)cc2)N2CCCC2C(=O)O)c(C)c1. The van der Waals surface area contributed by atoms with Gasteiger partial charge in [0, 0.05) is 6.54 Å². The van der Waals surface area contributed by atoms with Crippen molar-refractivity contribution in [3.63, 3.8) is 0 Å². The number of likely N-dealkylation sites (tertiary alicyclic amines) is 1. The third-order valence-electron chi connectivity index (χ3n) is 5.96. The lowest BCUT2D eigenvalue weighted by atomic mass is 9.91. The van der Waals surface area contributed by atoms with Gasteiger partial charge in [-0.15, -0.1) is 0 Å². The molecule has 0 amide bonds. The Kier molecular flexibility index (Phi) is 5.50. The first-order chi connectivity index (χ1) is 14.0. The van der Waals surface area contributed by atoms with Crippen LogP contribution in [0.25, 0.3) is 11.1 Å². The van der Waals surface area contributed by atoms with E-state index < -0.39 is 12.0 Å². The topological polar surface area (TPSA) is 40.5 Å². The molecular weight excluding hydrogens is 358 g/mol. The van der Waals surface area contributed by atoms with Gasteiger partial charge in [-0.3, -0.25) is 9.69 Å². The van der Waals surface area contributed by atoms with Crippen LogP contribution in [0.2, 0.25) is 0 Å². The van der Waals surface area contributed by atoms with Crippen molar-refractivity contribution in [3.8, 4) is 11.1 Å². The average Bonchev–Trinajstić information content (AvgIpc) is 3.21. The predicted octanol–water partition coefficient (Wildman–Crippen LogP) is 5.61. The molecule has 1 heterocycles. The summed E-state index contributed by atoms with van der Waals surface area (Å²) in [6.45, 7) is 5.02. The molecule has 2 atom stereocenters. The van der Waals surface area contributed by atoms with E-state index in [0.29, 0.717) is 6.42 Å². The zero-order chi connectivity index (χ0) is 20.4. The first kappa shape index (κ1) is 19.4. The van der Waals surface area contributed by atoms with Crippen LogP contribution in [0, 0.1) is 13.8 Å². The van der Waals surface area contributed by atoms with E-state index >= 15 is 0 Å². The number of hydrogen-bond acceptors (Lipinski definition) is 2. The van der Waals surface area contributed by atoms with E-state index in [2.05, 4.69) is 73.3 Å². The fraction of sp³-hybridized carbons (Fsp3) is 0.269. The second kappa shape index (κ2) is 8.22. The fourth-order valence-electron chi connectivity index (χ4n) is 4.53. The van der Waals surface area contributed by atoms with Crippen LogP contribution >= 0.6 is 0 Å². The Hall–Kier alpha value is -2.91. The van der Waals surface area contributed by atoms with Gasteiger partial charge in [-0.1, -0.05) is 78.4 Å². The van der Waals surface area contributed by atoms with E-state index in [9.17, 15) is 9.90 Å². The van der Waals surface area contributed by atoms with E-state index in [-0.39, 0.29) is 6.04 Å². The monoisotopic (exact) mass is 385 g/mol. The molecular formula is C26H27NO2. The summed E-state index contributed by atoms with van der Waals surface area (Å²) >= 11 is 0. The number of carbonyl (C=O) groups is 1. The third kappa shape index (κ3) is 3.96. The Balaban J connectivity index is 1.77. The molecule has 0 aromatic heterocycles. The second-order valence-electron chi connectivity index (χ2n) is 7.98. The molecule has 0 bridgehead atoms. The maximum absolute atomic E-state index is 11.9. The molecule has 1 saturated heterocycles. The van der Waals surface area contributed by atoms with E-state index in [1.807, 2.05) is 18.2 Å². The Morgan fingerprint density at radius 2 is 1.66 bits per heavy atom. The van der Waals surface area contributed by atoms with E-state index in [4.69, 9.17) is 0 Å². The van der Waals surface area contributed by atoms with Gasteiger partial charge < -0.3 is 5.11 Å². The molecule has 1 N–H and O–H groups in total. The highest BCUT2D eigenvalue weighted by Crippen LogP contribution is 2.37. The largest absolute Gasteiger partial charge is 0.480 e. The van der Waals surface area contributed by atoms with Gasteiger partial charge in [0.2, 0.25) is 0 Å². The second-order valence-corrected chi connectivity index (χ2v) is 7.98. The molecule has 2 unspecified atom stereocenters. The van der Waals surface area contributed by atoms with Crippen molar-refractivity contribution in [2.75, 3.05) is 6.54 Å². The summed E-state index contributed by atoms with van der Waals surface area (Å²) in [5.74, 6) is -0.724. The van der Waals surface area contributed by atoms with Gasteiger partial charge in [0.15, 0.2) is 0 Å². The fourth-order valence-corrected chi connectivity index (χ4v) is 4.53. The molecule has 3 aromatic rings. The molecule has 0 aliphatic carbocycles. The minimum absolute atomic E-state index is 0.0518. The number of carboxylic acids is 1. The summed E-state index contributed by atoms with van der Waals surface area (Å²) in [4.78, 5) is 14.1. The highest BCUT2D eigenvalue weighted by Gasteiger charge is 2.37. The van der Waals surface area contributed by atoms with Crippen molar-refractivity contribution in [2.24, 2.45) is 0 Å². The number of aryl methyl sites for hydroxylation is 2. The van der Waals surface area contributed by atoms with E-state index in [0.717, 1.165) is 18.5 Å². The van der Waals surface area contributed by atoms with E-state index in [1.165, 1.54) is 27.8 Å². The molecule has 1 aliphatic rings. The number of hydrogen-bond donors (Lipinski definition) is 1. The molecule has 1 fully saturated rings. The minimum Gasteiger partial charge on any atom is -0.480 e. The molecule has 0 radical (unpaired) electrons. The van der Waals surface area contributed by atoms with Crippen molar-refractivity contribution < 1.29 is 9.90 Å². The van der Waals surface area contributed by atoms with Gasteiger partial charge in [-0.05, 0) is 54.5 Å². The molecule has 29 heavy (non-hydrogen) atoms. The third-order valence-corrected chi connectivity index (χ3v) is 5.96. The number of nitrogens with zero attached hydrogens (tertiary/aromatic N) is 1. The molecule has 1 aliphatic heterocycles. The van der Waals surface area contributed by atoms with Crippen LogP contribution in [0.4, 0.5) is 0 Å². The van der Waals surface area contributed by atoms with E-state index in [1.54, 1.807) is 0 Å². The van der Waals surface area contributed by atoms with Gasteiger partial charge in [0.25, 0.3) is 0 Å². The lowest BCUT2D eigenvalue weighted by Gasteiger charge is -2.33. The lowest BCUT2D eigenvalue weighted by Crippen LogP contribution is -2.39. The van der Waals surface area contributed by atoms with Crippen molar-refractivity contribution in [1.29, 1.82) is 0 Å². The average molecular weight is 386 g/mol. The normalized spacial score (nSPS) is 17.9. The lowest BCUT2D eigenvalue weighted by molar-refractivity contribution is -0.142. The summed E-state index contributed by atoms with van der Waals surface area (Å²) in [5.41, 5.74) is 7.12. The summed E-state index contributed by atoms with van der Waals surface area (Å²) in [7, 11) is 0. The Morgan fingerprint density at radius 3 is 2.31 bits per heavy atom. The molecule has 0 saturated carbocycles. The number of aliphatic carboxylic acids is 1.